The molecule has 0 aliphatic rings. The second kappa shape index (κ2) is 6.93. The number of carboxylic acid groups (broad SMARTS) is 1. The average molecular weight is 251 g/mol. The number of aromatic nitrogens is 2. The number of hydrogen-bond acceptors (Lipinski definition) is 4. The molecule has 1 unspecified atom stereocenters. The fourth-order valence-corrected chi connectivity index (χ4v) is 1.72. The molecular formula is C13H21N3O2. The van der Waals surface area contributed by atoms with Gasteiger partial charge in [0.2, 0.25) is 5.95 Å². The molecule has 0 aliphatic carbocycles. The number of hydrogen-bond donors (Lipinski definition) is 1. The van der Waals surface area contributed by atoms with Crippen molar-refractivity contribution < 1.29 is 9.90 Å². The van der Waals surface area contributed by atoms with Crippen LogP contribution < -0.4 is 4.90 Å². The molecule has 1 N–H and O–H groups in total. The normalized spacial score (nSPS) is 12.2. The van der Waals surface area contributed by atoms with Gasteiger partial charge in [-0.1, -0.05) is 6.92 Å². The van der Waals surface area contributed by atoms with Crippen molar-refractivity contribution >= 4 is 11.9 Å². The molecule has 0 fully saturated rings. The van der Waals surface area contributed by atoms with Crippen LogP contribution in [0.25, 0.3) is 0 Å². The molecule has 1 rings (SSSR count). The van der Waals surface area contributed by atoms with Crippen LogP contribution in [0.1, 0.15) is 32.3 Å². The molecule has 0 saturated heterocycles. The molecule has 5 nitrogen and oxygen atoms in total. The molecule has 5 heteroatoms. The molecule has 1 aromatic rings. The molecule has 0 aromatic carbocycles. The number of carbonyl (C=O) groups is 1. The molecule has 0 radical (unpaired) electrons. The Hall–Kier alpha value is -1.65. The maximum Gasteiger partial charge on any atom is 0.303 e. The van der Waals surface area contributed by atoms with Gasteiger partial charge in [-0.25, -0.2) is 9.97 Å². The summed E-state index contributed by atoms with van der Waals surface area (Å²) < 4.78 is 0. The lowest BCUT2D eigenvalue weighted by Crippen LogP contribution is -2.27. The second-order valence-electron chi connectivity index (χ2n) is 4.63. The lowest BCUT2D eigenvalue weighted by atomic mass is 10.0. The first-order valence-corrected chi connectivity index (χ1v) is 6.28. The molecule has 0 spiro atoms. The maximum absolute atomic E-state index is 10.6. The van der Waals surface area contributed by atoms with Crippen molar-refractivity contribution in [3.05, 3.63) is 18.0 Å². The van der Waals surface area contributed by atoms with Gasteiger partial charge >= 0.3 is 5.97 Å². The molecule has 1 atom stereocenters. The summed E-state index contributed by atoms with van der Waals surface area (Å²) in [5.74, 6) is 0.143. The van der Waals surface area contributed by atoms with E-state index in [0.717, 1.165) is 25.1 Å². The van der Waals surface area contributed by atoms with Crippen LogP contribution >= 0.6 is 0 Å². The number of rotatable bonds is 7. The number of aliphatic carboxylic acids is 1. The third kappa shape index (κ3) is 4.69. The highest BCUT2D eigenvalue weighted by molar-refractivity contribution is 5.66. The van der Waals surface area contributed by atoms with Crippen LogP contribution in [0, 0.1) is 12.8 Å². The monoisotopic (exact) mass is 251 g/mol. The third-order valence-corrected chi connectivity index (χ3v) is 2.85. The van der Waals surface area contributed by atoms with E-state index >= 15 is 0 Å². The van der Waals surface area contributed by atoms with E-state index in [1.165, 1.54) is 0 Å². The van der Waals surface area contributed by atoms with Crippen molar-refractivity contribution in [1.82, 2.24) is 9.97 Å². The Morgan fingerprint density at radius 2 is 2.06 bits per heavy atom. The van der Waals surface area contributed by atoms with Gasteiger partial charge in [0.15, 0.2) is 0 Å². The molecular weight excluding hydrogens is 230 g/mol. The average Bonchev–Trinajstić information content (AvgIpc) is 2.31. The van der Waals surface area contributed by atoms with Crippen LogP contribution in [-0.2, 0) is 4.79 Å². The van der Waals surface area contributed by atoms with Crippen LogP contribution in [0.5, 0.6) is 0 Å². The number of aryl methyl sites for hydroxylation is 1. The van der Waals surface area contributed by atoms with E-state index in [1.807, 2.05) is 20.8 Å². The van der Waals surface area contributed by atoms with Gasteiger partial charge in [0.1, 0.15) is 0 Å². The standard InChI is InChI=1S/C13H21N3O2/c1-4-16(6-5-10(2)7-12(17)18)13-14-8-11(3)9-15-13/h8-10H,4-7H2,1-3H3,(H,17,18). The molecule has 0 bridgehead atoms. The summed E-state index contributed by atoms with van der Waals surface area (Å²) in [6.07, 6.45) is 4.64. The molecule has 0 saturated carbocycles. The Kier molecular flexibility index (Phi) is 5.55. The topological polar surface area (TPSA) is 66.3 Å². The lowest BCUT2D eigenvalue weighted by molar-refractivity contribution is -0.138. The molecule has 18 heavy (non-hydrogen) atoms. The number of nitrogens with zero attached hydrogens (tertiary/aromatic N) is 3. The van der Waals surface area contributed by atoms with E-state index in [9.17, 15) is 4.79 Å². The maximum atomic E-state index is 10.6. The van der Waals surface area contributed by atoms with Crippen LogP contribution in [0.2, 0.25) is 0 Å². The predicted octanol–water partition coefficient (Wildman–Crippen LogP) is 2.11. The van der Waals surface area contributed by atoms with Gasteiger partial charge in [-0.3, -0.25) is 4.79 Å². The summed E-state index contributed by atoms with van der Waals surface area (Å²) >= 11 is 0. The Morgan fingerprint density at radius 3 is 2.56 bits per heavy atom. The van der Waals surface area contributed by atoms with Crippen LogP contribution in [0.4, 0.5) is 5.95 Å². The lowest BCUT2D eigenvalue weighted by Gasteiger charge is -2.22. The first-order chi connectivity index (χ1) is 8.52. The van der Waals surface area contributed by atoms with Crippen molar-refractivity contribution in [2.45, 2.75) is 33.6 Å². The Morgan fingerprint density at radius 1 is 1.44 bits per heavy atom. The summed E-state index contributed by atoms with van der Waals surface area (Å²) in [6.45, 7) is 7.56. The van der Waals surface area contributed by atoms with Crippen LogP contribution in [0.15, 0.2) is 12.4 Å². The molecule has 0 aliphatic heterocycles. The first-order valence-electron chi connectivity index (χ1n) is 6.28. The summed E-state index contributed by atoms with van der Waals surface area (Å²) in [7, 11) is 0. The summed E-state index contributed by atoms with van der Waals surface area (Å²) in [5, 5.41) is 8.72. The highest BCUT2D eigenvalue weighted by Gasteiger charge is 2.11. The van der Waals surface area contributed by atoms with E-state index in [1.54, 1.807) is 12.4 Å². The van der Waals surface area contributed by atoms with Crippen molar-refractivity contribution in [3.63, 3.8) is 0 Å². The molecule has 1 aromatic heterocycles. The van der Waals surface area contributed by atoms with Crippen molar-refractivity contribution in [2.24, 2.45) is 5.92 Å². The van der Waals surface area contributed by atoms with Crippen LogP contribution in [0.3, 0.4) is 0 Å². The summed E-state index contributed by atoms with van der Waals surface area (Å²) in [4.78, 5) is 21.2. The zero-order chi connectivity index (χ0) is 13.5. The number of carboxylic acids is 1. The first kappa shape index (κ1) is 14.4. The van der Waals surface area contributed by atoms with E-state index in [4.69, 9.17) is 5.11 Å². The minimum atomic E-state index is -0.739. The van der Waals surface area contributed by atoms with Gasteiger partial charge in [-0.05, 0) is 31.7 Å². The Bertz CT molecular complexity index is 378. The summed E-state index contributed by atoms with van der Waals surface area (Å²) in [5.41, 5.74) is 1.04. The van der Waals surface area contributed by atoms with Crippen LogP contribution in [-0.4, -0.2) is 34.1 Å². The van der Waals surface area contributed by atoms with Crippen molar-refractivity contribution in [2.75, 3.05) is 18.0 Å². The molecule has 0 amide bonds. The minimum absolute atomic E-state index is 0.169. The Labute approximate surface area is 108 Å². The highest BCUT2D eigenvalue weighted by Crippen LogP contribution is 2.12. The zero-order valence-corrected chi connectivity index (χ0v) is 11.3. The smallest absolute Gasteiger partial charge is 0.303 e. The zero-order valence-electron chi connectivity index (χ0n) is 11.3. The van der Waals surface area contributed by atoms with Gasteiger partial charge < -0.3 is 10.0 Å². The van der Waals surface area contributed by atoms with E-state index in [-0.39, 0.29) is 12.3 Å². The Balaban J connectivity index is 2.52. The molecule has 1 heterocycles. The van der Waals surface area contributed by atoms with E-state index in [2.05, 4.69) is 14.9 Å². The third-order valence-electron chi connectivity index (χ3n) is 2.85. The van der Waals surface area contributed by atoms with Gasteiger partial charge in [0.25, 0.3) is 0 Å². The predicted molar refractivity (Wildman–Crippen MR) is 70.7 cm³/mol. The van der Waals surface area contributed by atoms with Gasteiger partial charge in [-0.15, -0.1) is 0 Å². The van der Waals surface area contributed by atoms with E-state index < -0.39 is 5.97 Å². The van der Waals surface area contributed by atoms with Crippen molar-refractivity contribution in [3.8, 4) is 0 Å². The largest absolute Gasteiger partial charge is 0.481 e. The van der Waals surface area contributed by atoms with Gasteiger partial charge in [0.05, 0.1) is 0 Å². The van der Waals surface area contributed by atoms with Gasteiger partial charge in [-0.2, -0.15) is 0 Å². The van der Waals surface area contributed by atoms with Crippen molar-refractivity contribution in [1.29, 1.82) is 0 Å². The fraction of sp³-hybridized carbons (Fsp3) is 0.615. The number of anilines is 1. The summed E-state index contributed by atoms with van der Waals surface area (Å²) in [6, 6.07) is 0. The highest BCUT2D eigenvalue weighted by atomic mass is 16.4. The fourth-order valence-electron chi connectivity index (χ4n) is 1.72. The van der Waals surface area contributed by atoms with E-state index in [0.29, 0.717) is 5.95 Å². The SMILES string of the molecule is CCN(CCC(C)CC(=O)O)c1ncc(C)cn1. The van der Waals surface area contributed by atoms with Gasteiger partial charge in [0, 0.05) is 31.9 Å². The quantitative estimate of drug-likeness (QED) is 0.804. The molecule has 100 valence electrons. The minimum Gasteiger partial charge on any atom is -0.481 e. The second-order valence-corrected chi connectivity index (χ2v) is 4.63.